The number of amides is 1. The van der Waals surface area contributed by atoms with Crippen LogP contribution in [0.2, 0.25) is 5.02 Å². The van der Waals surface area contributed by atoms with Gasteiger partial charge in [0.15, 0.2) is 6.23 Å². The van der Waals surface area contributed by atoms with Gasteiger partial charge >= 0.3 is 12.1 Å². The summed E-state index contributed by atoms with van der Waals surface area (Å²) in [5.41, 5.74) is -1.83. The van der Waals surface area contributed by atoms with Gasteiger partial charge in [-0.2, -0.15) is 0 Å². The molecule has 0 aromatic heterocycles. The second-order valence-electron chi connectivity index (χ2n) is 10.1. The molecule has 1 spiro atoms. The number of rotatable bonds is 3. The largest absolute Gasteiger partial charge is 0.468 e. The first-order valence-corrected chi connectivity index (χ1v) is 10.5. The summed E-state index contributed by atoms with van der Waals surface area (Å²) in [6.07, 6.45) is 1.79. The van der Waals surface area contributed by atoms with Crippen molar-refractivity contribution in [2.45, 2.75) is 78.2 Å². The van der Waals surface area contributed by atoms with E-state index < -0.39 is 35.3 Å². The van der Waals surface area contributed by atoms with Crippen LogP contribution in [0.25, 0.3) is 0 Å². The van der Waals surface area contributed by atoms with E-state index >= 15 is 0 Å². The van der Waals surface area contributed by atoms with Crippen molar-refractivity contribution in [1.82, 2.24) is 4.90 Å². The van der Waals surface area contributed by atoms with Crippen molar-refractivity contribution in [2.24, 2.45) is 5.41 Å². The fraction of sp³-hybridized carbons (Fsp3) is 0.636. The van der Waals surface area contributed by atoms with Crippen molar-refractivity contribution in [3.8, 4) is 5.75 Å². The number of likely N-dealkylation sites (tertiary alicyclic amines) is 1. The maximum atomic E-state index is 14.7. The molecule has 1 heterocycles. The zero-order chi connectivity index (χ0) is 22.5. The number of carbonyl (C=O) groups is 2. The molecule has 2 aliphatic rings. The molecule has 1 aromatic carbocycles. The summed E-state index contributed by atoms with van der Waals surface area (Å²) >= 11 is 6.30. The summed E-state index contributed by atoms with van der Waals surface area (Å²) in [5.74, 6) is -1.52. The molecule has 30 heavy (non-hydrogen) atoms. The summed E-state index contributed by atoms with van der Waals surface area (Å²) in [5, 5.41) is 0.0720. The molecule has 1 saturated carbocycles. The number of ether oxygens (including phenoxy) is 3. The molecule has 0 N–H and O–H groups in total. The van der Waals surface area contributed by atoms with Gasteiger partial charge in [0, 0.05) is 18.0 Å². The molecule has 1 aliphatic carbocycles. The van der Waals surface area contributed by atoms with Crippen LogP contribution in [0, 0.1) is 11.2 Å². The van der Waals surface area contributed by atoms with E-state index in [9.17, 15) is 14.0 Å². The fourth-order valence-electron chi connectivity index (χ4n) is 3.65. The Morgan fingerprint density at radius 1 is 1.10 bits per heavy atom. The van der Waals surface area contributed by atoms with Crippen LogP contribution in [0.3, 0.4) is 0 Å². The van der Waals surface area contributed by atoms with Gasteiger partial charge in [-0.25, -0.2) is 14.0 Å². The van der Waals surface area contributed by atoms with Gasteiger partial charge in [0.2, 0.25) is 0 Å². The van der Waals surface area contributed by atoms with Crippen molar-refractivity contribution in [2.75, 3.05) is 6.54 Å². The minimum atomic E-state index is -0.803. The number of esters is 1. The van der Waals surface area contributed by atoms with E-state index in [0.29, 0.717) is 6.54 Å². The molecule has 166 valence electrons. The topological polar surface area (TPSA) is 65.1 Å². The van der Waals surface area contributed by atoms with Crippen molar-refractivity contribution < 1.29 is 28.2 Å². The van der Waals surface area contributed by atoms with E-state index in [4.69, 9.17) is 25.8 Å². The molecule has 6 nitrogen and oxygen atoms in total. The van der Waals surface area contributed by atoms with Gasteiger partial charge in [-0.15, -0.1) is 0 Å². The predicted octanol–water partition coefficient (Wildman–Crippen LogP) is 5.56. The molecule has 1 saturated heterocycles. The van der Waals surface area contributed by atoms with Crippen LogP contribution in [0.4, 0.5) is 9.18 Å². The summed E-state index contributed by atoms with van der Waals surface area (Å²) in [7, 11) is 0. The summed E-state index contributed by atoms with van der Waals surface area (Å²) in [6.45, 7) is 11.0. The van der Waals surface area contributed by atoms with E-state index in [1.807, 2.05) is 0 Å². The second-order valence-corrected chi connectivity index (χ2v) is 10.5. The van der Waals surface area contributed by atoms with Gasteiger partial charge in [0.05, 0.1) is 10.6 Å². The maximum Gasteiger partial charge on any atom is 0.413 e. The molecule has 1 amide bonds. The standard InChI is InChI=1S/C22H29ClFNO5/c1-20(2,3)29-17(26)13-10-14(23)16(11-15(13)24)28-18-22(8-7-9-22)12-25(18)19(27)30-21(4,5)6/h10-11,18H,7-9,12H2,1-6H3. The van der Waals surface area contributed by atoms with Crippen LogP contribution >= 0.6 is 11.6 Å². The van der Waals surface area contributed by atoms with Crippen LogP contribution < -0.4 is 4.74 Å². The average molecular weight is 442 g/mol. The monoisotopic (exact) mass is 441 g/mol. The van der Waals surface area contributed by atoms with E-state index in [1.165, 1.54) is 11.0 Å². The SMILES string of the molecule is CC(C)(C)OC(=O)c1cc(Cl)c(OC2N(C(=O)OC(C)(C)C)CC23CCC3)cc1F. The number of hydrogen-bond donors (Lipinski definition) is 0. The van der Waals surface area contributed by atoms with Crippen LogP contribution in [-0.4, -0.2) is 40.9 Å². The second kappa shape index (κ2) is 7.59. The van der Waals surface area contributed by atoms with Crippen LogP contribution in [0.1, 0.15) is 71.2 Å². The van der Waals surface area contributed by atoms with E-state index in [0.717, 1.165) is 25.3 Å². The quantitative estimate of drug-likeness (QED) is 0.574. The van der Waals surface area contributed by atoms with Crippen LogP contribution in [0.5, 0.6) is 5.75 Å². The van der Waals surface area contributed by atoms with Gasteiger partial charge in [-0.3, -0.25) is 4.90 Å². The zero-order valence-corrected chi connectivity index (χ0v) is 19.1. The average Bonchev–Trinajstić information content (AvgIpc) is 2.49. The molecule has 3 rings (SSSR count). The molecule has 2 fully saturated rings. The number of nitrogens with zero attached hydrogens (tertiary/aromatic N) is 1. The highest BCUT2D eigenvalue weighted by molar-refractivity contribution is 6.32. The highest BCUT2D eigenvalue weighted by Crippen LogP contribution is 2.54. The summed E-state index contributed by atoms with van der Waals surface area (Å²) < 4.78 is 31.3. The van der Waals surface area contributed by atoms with Crippen molar-refractivity contribution >= 4 is 23.7 Å². The Labute approximate surface area is 181 Å². The number of carbonyl (C=O) groups excluding carboxylic acids is 2. The summed E-state index contributed by atoms with van der Waals surface area (Å²) in [6, 6.07) is 2.27. The molecule has 0 radical (unpaired) electrons. The third kappa shape index (κ3) is 4.66. The van der Waals surface area contributed by atoms with Crippen molar-refractivity contribution in [3.05, 3.63) is 28.5 Å². The number of hydrogen-bond acceptors (Lipinski definition) is 5. The maximum absolute atomic E-state index is 14.7. The Bertz CT molecular complexity index is 854. The first-order chi connectivity index (χ1) is 13.7. The van der Waals surface area contributed by atoms with E-state index in [1.54, 1.807) is 41.5 Å². The van der Waals surface area contributed by atoms with E-state index in [2.05, 4.69) is 0 Å². The Kier molecular flexibility index (Phi) is 5.73. The van der Waals surface area contributed by atoms with Gasteiger partial charge < -0.3 is 14.2 Å². The lowest BCUT2D eigenvalue weighted by molar-refractivity contribution is -0.200. The van der Waals surface area contributed by atoms with Crippen LogP contribution in [-0.2, 0) is 9.47 Å². The molecule has 0 bridgehead atoms. The normalized spacial score (nSPS) is 20.3. The lowest BCUT2D eigenvalue weighted by Crippen LogP contribution is -2.71. The predicted molar refractivity (Wildman–Crippen MR) is 110 cm³/mol. The molecule has 1 aliphatic heterocycles. The van der Waals surface area contributed by atoms with Crippen molar-refractivity contribution in [1.29, 1.82) is 0 Å². The minimum Gasteiger partial charge on any atom is -0.468 e. The lowest BCUT2D eigenvalue weighted by Gasteiger charge is -2.60. The smallest absolute Gasteiger partial charge is 0.413 e. The Morgan fingerprint density at radius 2 is 1.70 bits per heavy atom. The van der Waals surface area contributed by atoms with Crippen LogP contribution in [0.15, 0.2) is 12.1 Å². The van der Waals surface area contributed by atoms with Gasteiger partial charge in [0.1, 0.15) is 22.8 Å². The molecular formula is C22H29ClFNO5. The minimum absolute atomic E-state index is 0.0720. The molecular weight excluding hydrogens is 413 g/mol. The third-order valence-corrected chi connectivity index (χ3v) is 5.44. The molecule has 8 heteroatoms. The highest BCUT2D eigenvalue weighted by Gasteiger charge is 2.60. The molecule has 1 atom stereocenters. The van der Waals surface area contributed by atoms with E-state index in [-0.39, 0.29) is 21.8 Å². The lowest BCUT2D eigenvalue weighted by atomic mass is 9.62. The summed E-state index contributed by atoms with van der Waals surface area (Å²) in [4.78, 5) is 26.3. The Balaban J connectivity index is 1.80. The third-order valence-electron chi connectivity index (χ3n) is 5.15. The zero-order valence-electron chi connectivity index (χ0n) is 18.3. The molecule has 1 unspecified atom stereocenters. The molecule has 1 aromatic rings. The number of halogens is 2. The fourth-order valence-corrected chi connectivity index (χ4v) is 3.86. The Morgan fingerprint density at radius 3 is 2.20 bits per heavy atom. The van der Waals surface area contributed by atoms with Gasteiger partial charge in [-0.05, 0) is 60.5 Å². The highest BCUT2D eigenvalue weighted by atomic mass is 35.5. The van der Waals surface area contributed by atoms with Gasteiger partial charge in [-0.1, -0.05) is 18.0 Å². The van der Waals surface area contributed by atoms with Crippen molar-refractivity contribution in [3.63, 3.8) is 0 Å². The number of benzene rings is 1. The Hall–Kier alpha value is -2.02. The first-order valence-electron chi connectivity index (χ1n) is 10.1. The van der Waals surface area contributed by atoms with Gasteiger partial charge in [0.25, 0.3) is 0 Å². The first kappa shape index (κ1) is 22.7.